The molecular weight excluding hydrogens is 396 g/mol. The van der Waals surface area contributed by atoms with Gasteiger partial charge in [0, 0.05) is 57.2 Å². The first-order valence-electron chi connectivity index (χ1n) is 10.5. The Bertz CT molecular complexity index is 782. The van der Waals surface area contributed by atoms with Gasteiger partial charge in [-0.25, -0.2) is 8.78 Å². The molecule has 1 N–H and O–H groups in total. The Labute approximate surface area is 174 Å². The molecule has 9 heteroatoms. The van der Waals surface area contributed by atoms with Crippen molar-refractivity contribution in [3.8, 4) is 0 Å². The number of rotatable bonds is 6. The van der Waals surface area contributed by atoms with Gasteiger partial charge in [0.15, 0.2) is 0 Å². The van der Waals surface area contributed by atoms with Gasteiger partial charge in [-0.3, -0.25) is 14.5 Å². The van der Waals surface area contributed by atoms with Crippen LogP contribution in [0.3, 0.4) is 0 Å². The molecule has 3 aliphatic heterocycles. The number of nitrogens with one attached hydrogen (secondary N) is 1. The zero-order valence-electron chi connectivity index (χ0n) is 16.8. The van der Waals surface area contributed by atoms with Crippen LogP contribution in [0.1, 0.15) is 12.8 Å². The molecule has 4 rings (SSSR count). The Balaban J connectivity index is 1.37. The molecule has 2 amide bonds. The van der Waals surface area contributed by atoms with Crippen molar-refractivity contribution >= 4 is 17.5 Å². The third kappa shape index (κ3) is 4.63. The number of anilines is 1. The number of halogens is 2. The van der Waals surface area contributed by atoms with Crippen molar-refractivity contribution in [2.75, 3.05) is 57.5 Å². The summed E-state index contributed by atoms with van der Waals surface area (Å²) in [6, 6.07) is 3.24. The number of carbonyl (C=O) groups excluding carboxylic acids is 2. The lowest BCUT2D eigenvalue weighted by Gasteiger charge is -2.37. The molecular formula is C21H27F2N3O4. The zero-order chi connectivity index (χ0) is 21.1. The number of hydrogen-bond donors (Lipinski definition) is 1. The van der Waals surface area contributed by atoms with Gasteiger partial charge in [0.1, 0.15) is 11.6 Å². The van der Waals surface area contributed by atoms with Crippen molar-refractivity contribution in [3.63, 3.8) is 0 Å². The molecule has 3 unspecified atom stereocenters. The summed E-state index contributed by atoms with van der Waals surface area (Å²) >= 11 is 0. The molecule has 0 spiro atoms. The Morgan fingerprint density at radius 3 is 2.70 bits per heavy atom. The summed E-state index contributed by atoms with van der Waals surface area (Å²) in [6.45, 7) is 4.95. The van der Waals surface area contributed by atoms with Crippen LogP contribution in [0, 0.1) is 23.5 Å². The highest BCUT2D eigenvalue weighted by Crippen LogP contribution is 2.28. The van der Waals surface area contributed by atoms with Gasteiger partial charge in [-0.05, 0) is 18.6 Å². The highest BCUT2D eigenvalue weighted by molar-refractivity contribution is 6.00. The monoisotopic (exact) mass is 423 g/mol. The van der Waals surface area contributed by atoms with E-state index in [1.165, 1.54) is 11.0 Å². The molecule has 0 aliphatic carbocycles. The van der Waals surface area contributed by atoms with Gasteiger partial charge in [0.05, 0.1) is 31.4 Å². The van der Waals surface area contributed by atoms with Gasteiger partial charge >= 0.3 is 0 Å². The molecule has 30 heavy (non-hydrogen) atoms. The summed E-state index contributed by atoms with van der Waals surface area (Å²) in [5.74, 6) is -2.29. The van der Waals surface area contributed by atoms with Gasteiger partial charge in [-0.1, -0.05) is 0 Å². The Morgan fingerprint density at radius 1 is 1.20 bits per heavy atom. The second-order valence-corrected chi connectivity index (χ2v) is 8.09. The van der Waals surface area contributed by atoms with E-state index in [1.54, 1.807) is 0 Å². The highest BCUT2D eigenvalue weighted by atomic mass is 19.1. The van der Waals surface area contributed by atoms with E-state index in [4.69, 9.17) is 9.47 Å². The number of nitrogens with zero attached hydrogens (tertiary/aromatic N) is 2. The molecule has 3 saturated heterocycles. The minimum absolute atomic E-state index is 0.00555. The van der Waals surface area contributed by atoms with Crippen LogP contribution in [0.5, 0.6) is 0 Å². The Morgan fingerprint density at radius 2 is 2.00 bits per heavy atom. The normalized spacial score (nSPS) is 26.2. The maximum absolute atomic E-state index is 14.1. The van der Waals surface area contributed by atoms with Gasteiger partial charge in [0.2, 0.25) is 11.8 Å². The van der Waals surface area contributed by atoms with Gasteiger partial charge in [0.25, 0.3) is 0 Å². The van der Waals surface area contributed by atoms with E-state index in [1.807, 2.05) is 0 Å². The van der Waals surface area contributed by atoms with E-state index in [0.29, 0.717) is 32.3 Å². The fourth-order valence-electron chi connectivity index (χ4n) is 4.52. The highest BCUT2D eigenvalue weighted by Gasteiger charge is 2.37. The van der Waals surface area contributed by atoms with E-state index >= 15 is 0 Å². The smallest absolute Gasteiger partial charge is 0.227 e. The number of morpholine rings is 1. The number of hydrogen-bond acceptors (Lipinski definition) is 5. The molecule has 3 atom stereocenters. The zero-order valence-corrected chi connectivity index (χ0v) is 16.8. The summed E-state index contributed by atoms with van der Waals surface area (Å²) < 4.78 is 38.2. The molecule has 0 radical (unpaired) electrons. The third-order valence-electron chi connectivity index (χ3n) is 6.21. The van der Waals surface area contributed by atoms with Crippen molar-refractivity contribution in [2.45, 2.75) is 18.9 Å². The van der Waals surface area contributed by atoms with Crippen LogP contribution in [0.2, 0.25) is 0 Å². The quantitative estimate of drug-likeness (QED) is 0.744. The van der Waals surface area contributed by atoms with Crippen LogP contribution in [0.4, 0.5) is 14.5 Å². The van der Waals surface area contributed by atoms with E-state index in [0.717, 1.165) is 38.2 Å². The van der Waals surface area contributed by atoms with Crippen LogP contribution in [0.25, 0.3) is 0 Å². The molecule has 1 aromatic rings. The fraction of sp³-hybridized carbons (Fsp3) is 0.619. The Kier molecular flexibility index (Phi) is 6.60. The molecule has 0 bridgehead atoms. The molecule has 0 aromatic heterocycles. The molecule has 3 aliphatic rings. The van der Waals surface area contributed by atoms with Crippen LogP contribution >= 0.6 is 0 Å². The average molecular weight is 423 g/mol. The van der Waals surface area contributed by atoms with Crippen molar-refractivity contribution in [1.29, 1.82) is 0 Å². The van der Waals surface area contributed by atoms with E-state index < -0.39 is 17.6 Å². The molecule has 3 heterocycles. The van der Waals surface area contributed by atoms with Crippen molar-refractivity contribution in [1.82, 2.24) is 10.2 Å². The summed E-state index contributed by atoms with van der Waals surface area (Å²) in [7, 11) is 0. The lowest BCUT2D eigenvalue weighted by Crippen LogP contribution is -2.53. The lowest BCUT2D eigenvalue weighted by atomic mass is 9.96. The summed E-state index contributed by atoms with van der Waals surface area (Å²) in [4.78, 5) is 28.7. The Hall–Kier alpha value is -2.10. The average Bonchev–Trinajstić information content (AvgIpc) is 3.39. The maximum atomic E-state index is 14.1. The van der Waals surface area contributed by atoms with E-state index in [-0.39, 0.29) is 36.5 Å². The first kappa shape index (κ1) is 21.1. The molecule has 1 aromatic carbocycles. The molecule has 0 saturated carbocycles. The number of ether oxygens (including phenoxy) is 2. The van der Waals surface area contributed by atoms with Gasteiger partial charge in [-0.15, -0.1) is 0 Å². The maximum Gasteiger partial charge on any atom is 0.227 e. The summed E-state index contributed by atoms with van der Waals surface area (Å²) in [5.41, 5.74) is 0.00555. The lowest BCUT2D eigenvalue weighted by molar-refractivity contribution is -0.126. The second-order valence-electron chi connectivity index (χ2n) is 8.09. The predicted octanol–water partition coefficient (Wildman–Crippen LogP) is 1.17. The minimum atomic E-state index is -0.807. The molecule has 3 fully saturated rings. The molecule has 7 nitrogen and oxygen atoms in total. The predicted molar refractivity (Wildman–Crippen MR) is 105 cm³/mol. The first-order chi connectivity index (χ1) is 14.5. The standard InChI is InChI=1S/C21H27F2N3O4/c22-16-1-2-18(17(23)10-16)26-12-15(9-20(26)27)21(28)24-11-19(14-3-6-30-13-14)25-4-7-29-8-5-25/h1-2,10,14-15,19H,3-9,11-13H2,(H,24,28). The topological polar surface area (TPSA) is 71.1 Å². The van der Waals surface area contributed by atoms with Crippen LogP contribution in [-0.2, 0) is 19.1 Å². The largest absolute Gasteiger partial charge is 0.381 e. The minimum Gasteiger partial charge on any atom is -0.381 e. The summed E-state index contributed by atoms with van der Waals surface area (Å²) in [6.07, 6.45) is 0.967. The third-order valence-corrected chi connectivity index (χ3v) is 6.21. The number of amides is 2. The van der Waals surface area contributed by atoms with Crippen molar-refractivity contribution in [2.24, 2.45) is 11.8 Å². The van der Waals surface area contributed by atoms with E-state index in [2.05, 4.69) is 10.2 Å². The van der Waals surface area contributed by atoms with Crippen LogP contribution in [0.15, 0.2) is 18.2 Å². The van der Waals surface area contributed by atoms with Crippen LogP contribution in [-0.4, -0.2) is 75.4 Å². The van der Waals surface area contributed by atoms with E-state index in [9.17, 15) is 18.4 Å². The van der Waals surface area contributed by atoms with Gasteiger partial charge in [-0.2, -0.15) is 0 Å². The van der Waals surface area contributed by atoms with Crippen LogP contribution < -0.4 is 10.2 Å². The fourth-order valence-corrected chi connectivity index (χ4v) is 4.52. The van der Waals surface area contributed by atoms with Crippen molar-refractivity contribution < 1.29 is 27.8 Å². The SMILES string of the molecule is O=C(NCC(C1CCOC1)N1CCOCC1)C1CC(=O)N(c2ccc(F)cc2F)C1. The molecule has 164 valence electrons. The second kappa shape index (κ2) is 9.36. The number of carbonyl (C=O) groups is 2. The van der Waals surface area contributed by atoms with Crippen molar-refractivity contribution in [3.05, 3.63) is 29.8 Å². The summed E-state index contributed by atoms with van der Waals surface area (Å²) in [5, 5.41) is 3.01. The van der Waals surface area contributed by atoms with Gasteiger partial charge < -0.3 is 19.7 Å². The number of benzene rings is 1. The first-order valence-corrected chi connectivity index (χ1v) is 10.5.